The summed E-state index contributed by atoms with van der Waals surface area (Å²) >= 11 is 11.6. The Morgan fingerprint density at radius 2 is 1.94 bits per heavy atom. The molecule has 0 spiro atoms. The Morgan fingerprint density at radius 1 is 1.44 bits per heavy atom. The van der Waals surface area contributed by atoms with Crippen molar-refractivity contribution in [2.45, 2.75) is 26.3 Å². The first-order valence-corrected chi connectivity index (χ1v) is 6.33. The van der Waals surface area contributed by atoms with E-state index in [1.807, 2.05) is 13.8 Å². The van der Waals surface area contributed by atoms with Gasteiger partial charge in [-0.3, -0.25) is 4.79 Å². The highest BCUT2D eigenvalue weighted by Gasteiger charge is 2.21. The number of nitrogens with one attached hydrogen (secondary N) is 1. The molecule has 0 bridgehead atoms. The summed E-state index contributed by atoms with van der Waals surface area (Å²) in [5, 5.41) is 2.62. The van der Waals surface area contributed by atoms with Gasteiger partial charge in [0.25, 0.3) is 0 Å². The SMILES string of the molecule is CC[C@H](C)[C@H](N)C(=O)Nc1c(Cl)cc(F)cc1Cl. The second-order valence-electron chi connectivity index (χ2n) is 4.15. The van der Waals surface area contributed by atoms with Crippen molar-refractivity contribution in [3.63, 3.8) is 0 Å². The maximum atomic E-state index is 13.0. The molecule has 6 heteroatoms. The fraction of sp³-hybridized carbons (Fsp3) is 0.417. The lowest BCUT2D eigenvalue weighted by molar-refractivity contribution is -0.118. The molecule has 2 atom stereocenters. The number of nitrogens with two attached hydrogens (primary N) is 1. The predicted molar refractivity (Wildman–Crippen MR) is 72.5 cm³/mol. The van der Waals surface area contributed by atoms with Gasteiger partial charge >= 0.3 is 0 Å². The molecule has 0 fully saturated rings. The number of hydrogen-bond acceptors (Lipinski definition) is 2. The van der Waals surface area contributed by atoms with E-state index >= 15 is 0 Å². The topological polar surface area (TPSA) is 55.1 Å². The van der Waals surface area contributed by atoms with E-state index in [2.05, 4.69) is 5.32 Å². The second kappa shape index (κ2) is 6.36. The van der Waals surface area contributed by atoms with Crippen LogP contribution in [0.4, 0.5) is 10.1 Å². The number of carbonyl (C=O) groups is 1. The normalized spacial score (nSPS) is 14.1. The number of anilines is 1. The van der Waals surface area contributed by atoms with E-state index in [1.165, 1.54) is 0 Å². The monoisotopic (exact) mass is 292 g/mol. The van der Waals surface area contributed by atoms with E-state index in [9.17, 15) is 9.18 Å². The molecule has 3 N–H and O–H groups in total. The molecule has 1 rings (SSSR count). The van der Waals surface area contributed by atoms with E-state index in [0.29, 0.717) is 0 Å². The van der Waals surface area contributed by atoms with Crippen molar-refractivity contribution < 1.29 is 9.18 Å². The summed E-state index contributed by atoms with van der Waals surface area (Å²) < 4.78 is 13.0. The molecule has 0 aliphatic carbocycles. The quantitative estimate of drug-likeness (QED) is 0.893. The Balaban J connectivity index is 2.89. The molecule has 0 saturated heterocycles. The molecule has 0 aromatic heterocycles. The zero-order valence-electron chi connectivity index (χ0n) is 10.1. The third-order valence-electron chi connectivity index (χ3n) is 2.81. The number of carbonyl (C=O) groups excluding carboxylic acids is 1. The van der Waals surface area contributed by atoms with Crippen LogP contribution in [0, 0.1) is 11.7 Å². The van der Waals surface area contributed by atoms with Gasteiger partial charge in [0.15, 0.2) is 0 Å². The average Bonchev–Trinajstić information content (AvgIpc) is 2.31. The van der Waals surface area contributed by atoms with Crippen molar-refractivity contribution in [2.24, 2.45) is 11.7 Å². The summed E-state index contributed by atoms with van der Waals surface area (Å²) in [4.78, 5) is 11.9. The molecule has 18 heavy (non-hydrogen) atoms. The Morgan fingerprint density at radius 3 is 2.39 bits per heavy atom. The lowest BCUT2D eigenvalue weighted by atomic mass is 9.99. The van der Waals surface area contributed by atoms with Gasteiger partial charge in [-0.05, 0) is 18.1 Å². The fourth-order valence-corrected chi connectivity index (χ4v) is 1.94. The first kappa shape index (κ1) is 15.2. The van der Waals surface area contributed by atoms with Crippen molar-refractivity contribution in [2.75, 3.05) is 5.32 Å². The molecule has 0 radical (unpaired) electrons. The second-order valence-corrected chi connectivity index (χ2v) is 4.96. The van der Waals surface area contributed by atoms with Gasteiger partial charge in [0.1, 0.15) is 5.82 Å². The minimum Gasteiger partial charge on any atom is -0.322 e. The van der Waals surface area contributed by atoms with Gasteiger partial charge in [-0.2, -0.15) is 0 Å². The molecule has 1 aromatic carbocycles. The third kappa shape index (κ3) is 3.57. The molecule has 0 heterocycles. The molecule has 1 aromatic rings. The third-order valence-corrected chi connectivity index (χ3v) is 3.41. The zero-order valence-corrected chi connectivity index (χ0v) is 11.6. The van der Waals surface area contributed by atoms with Gasteiger partial charge in [0.05, 0.1) is 21.8 Å². The molecule has 0 unspecified atom stereocenters. The molecular weight excluding hydrogens is 278 g/mol. The Hall–Kier alpha value is -0.840. The van der Waals surface area contributed by atoms with Crippen LogP contribution in [0.2, 0.25) is 10.0 Å². The molecule has 1 amide bonds. The number of rotatable bonds is 4. The predicted octanol–water partition coefficient (Wildman–Crippen LogP) is 3.44. The summed E-state index contributed by atoms with van der Waals surface area (Å²) in [5.74, 6) is -0.919. The van der Waals surface area contributed by atoms with Gasteiger partial charge in [-0.25, -0.2) is 4.39 Å². The van der Waals surface area contributed by atoms with Crippen LogP contribution in [0.1, 0.15) is 20.3 Å². The van der Waals surface area contributed by atoms with E-state index in [1.54, 1.807) is 0 Å². The van der Waals surface area contributed by atoms with E-state index in [4.69, 9.17) is 28.9 Å². The van der Waals surface area contributed by atoms with Crippen LogP contribution in [-0.4, -0.2) is 11.9 Å². The van der Waals surface area contributed by atoms with Crippen molar-refractivity contribution >= 4 is 34.8 Å². The highest BCUT2D eigenvalue weighted by molar-refractivity contribution is 6.39. The summed E-state index contributed by atoms with van der Waals surface area (Å²) in [6.07, 6.45) is 0.777. The Labute approximate surface area is 115 Å². The average molecular weight is 293 g/mol. The standard InChI is InChI=1S/C12H15Cl2FN2O/c1-3-6(2)10(16)12(18)17-11-8(13)4-7(15)5-9(11)14/h4-6,10H,3,16H2,1-2H3,(H,17,18)/t6-,10-/m0/s1. The lowest BCUT2D eigenvalue weighted by Crippen LogP contribution is -2.40. The highest BCUT2D eigenvalue weighted by Crippen LogP contribution is 2.31. The van der Waals surface area contributed by atoms with Gasteiger partial charge in [-0.1, -0.05) is 43.5 Å². The van der Waals surface area contributed by atoms with Crippen LogP contribution >= 0.6 is 23.2 Å². The number of benzene rings is 1. The van der Waals surface area contributed by atoms with E-state index in [-0.39, 0.29) is 27.6 Å². The number of hydrogen-bond donors (Lipinski definition) is 2. The van der Waals surface area contributed by atoms with Gasteiger partial charge in [-0.15, -0.1) is 0 Å². The minimum atomic E-state index is -0.660. The van der Waals surface area contributed by atoms with Crippen LogP contribution in [0.15, 0.2) is 12.1 Å². The first-order valence-electron chi connectivity index (χ1n) is 5.57. The fourth-order valence-electron chi connectivity index (χ4n) is 1.38. The van der Waals surface area contributed by atoms with Crippen LogP contribution in [0.3, 0.4) is 0 Å². The minimum absolute atomic E-state index is 0.0306. The number of halogens is 3. The maximum Gasteiger partial charge on any atom is 0.241 e. The Kier molecular flexibility index (Phi) is 5.38. The van der Waals surface area contributed by atoms with Crippen molar-refractivity contribution in [3.8, 4) is 0 Å². The van der Waals surface area contributed by atoms with Gasteiger partial charge in [0.2, 0.25) is 5.91 Å². The van der Waals surface area contributed by atoms with Crippen molar-refractivity contribution in [1.82, 2.24) is 0 Å². The summed E-state index contributed by atoms with van der Waals surface area (Å²) in [6.45, 7) is 3.81. The van der Waals surface area contributed by atoms with Gasteiger partial charge in [0, 0.05) is 0 Å². The van der Waals surface area contributed by atoms with E-state index in [0.717, 1.165) is 18.6 Å². The molecule has 0 aliphatic heterocycles. The molecular formula is C12H15Cl2FN2O. The van der Waals surface area contributed by atoms with Crippen LogP contribution in [0.5, 0.6) is 0 Å². The van der Waals surface area contributed by atoms with Crippen molar-refractivity contribution in [3.05, 3.63) is 28.0 Å². The molecule has 0 saturated carbocycles. The number of amides is 1. The lowest BCUT2D eigenvalue weighted by Gasteiger charge is -2.18. The summed E-state index contributed by atoms with van der Waals surface area (Å²) in [5.41, 5.74) is 5.96. The van der Waals surface area contributed by atoms with Crippen molar-refractivity contribution in [1.29, 1.82) is 0 Å². The summed E-state index contributed by atoms with van der Waals surface area (Å²) in [7, 11) is 0. The molecule has 0 aliphatic rings. The zero-order chi connectivity index (χ0) is 13.9. The highest BCUT2D eigenvalue weighted by atomic mass is 35.5. The largest absolute Gasteiger partial charge is 0.322 e. The summed E-state index contributed by atoms with van der Waals surface area (Å²) in [6, 6.07) is 1.50. The van der Waals surface area contributed by atoms with Gasteiger partial charge < -0.3 is 11.1 Å². The Bertz CT molecular complexity index is 431. The molecule has 3 nitrogen and oxygen atoms in total. The maximum absolute atomic E-state index is 13.0. The first-order chi connectivity index (χ1) is 8.36. The van der Waals surface area contributed by atoms with E-state index < -0.39 is 11.9 Å². The smallest absolute Gasteiger partial charge is 0.241 e. The van der Waals surface area contributed by atoms with Crippen LogP contribution in [0.25, 0.3) is 0 Å². The van der Waals surface area contributed by atoms with Crippen LogP contribution in [-0.2, 0) is 4.79 Å². The molecule has 100 valence electrons. The van der Waals surface area contributed by atoms with Crippen LogP contribution < -0.4 is 11.1 Å².